The number of hydrogen-bond donors (Lipinski definition) is 3. The van der Waals surface area contributed by atoms with Gasteiger partial charge in [0.25, 0.3) is 0 Å². The van der Waals surface area contributed by atoms with E-state index < -0.39 is 12.2 Å². The van der Waals surface area contributed by atoms with Crippen molar-refractivity contribution in [2.24, 2.45) is 5.92 Å². The van der Waals surface area contributed by atoms with Gasteiger partial charge < -0.3 is 20.3 Å². The van der Waals surface area contributed by atoms with Crippen molar-refractivity contribution in [3.8, 4) is 0 Å². The van der Waals surface area contributed by atoms with E-state index in [9.17, 15) is 15.0 Å². The molecule has 0 aromatic heterocycles. The number of aliphatic hydroxyl groups excluding tert-OH is 2. The normalized spacial score (nSPS) is 28.7. The Labute approximate surface area is 161 Å². The third-order valence-corrected chi connectivity index (χ3v) is 5.95. The number of carbonyl (C=O) groups excluding carboxylic acids is 1. The molecule has 2 fully saturated rings. The van der Waals surface area contributed by atoms with Gasteiger partial charge in [0.1, 0.15) is 12.2 Å². The molecule has 0 radical (unpaired) electrons. The van der Waals surface area contributed by atoms with E-state index in [-0.39, 0.29) is 30.6 Å². The quantitative estimate of drug-likeness (QED) is 0.630. The van der Waals surface area contributed by atoms with E-state index in [4.69, 9.17) is 4.74 Å². The highest BCUT2D eigenvalue weighted by Gasteiger charge is 2.45. The van der Waals surface area contributed by atoms with Gasteiger partial charge in [-0.15, -0.1) is 0 Å². The minimum atomic E-state index is -0.774. The number of nitrogens with zero attached hydrogens (tertiary/aromatic N) is 1. The molecule has 6 nitrogen and oxygen atoms in total. The van der Waals surface area contributed by atoms with Crippen LogP contribution in [0.25, 0.3) is 0 Å². The van der Waals surface area contributed by atoms with Gasteiger partial charge in [0.05, 0.1) is 18.8 Å². The first-order valence-electron chi connectivity index (χ1n) is 10.1. The summed E-state index contributed by atoms with van der Waals surface area (Å²) in [5, 5.41) is 23.2. The van der Waals surface area contributed by atoms with Gasteiger partial charge in [-0.05, 0) is 31.9 Å². The van der Waals surface area contributed by atoms with Gasteiger partial charge in [-0.2, -0.15) is 0 Å². The Morgan fingerprint density at radius 2 is 1.93 bits per heavy atom. The molecule has 27 heavy (non-hydrogen) atoms. The van der Waals surface area contributed by atoms with Crippen molar-refractivity contribution in [3.05, 3.63) is 35.9 Å². The van der Waals surface area contributed by atoms with Crippen molar-refractivity contribution >= 4 is 5.91 Å². The second kappa shape index (κ2) is 9.64. The van der Waals surface area contributed by atoms with E-state index in [0.717, 1.165) is 38.6 Å². The average molecular weight is 376 g/mol. The molecule has 1 heterocycles. The van der Waals surface area contributed by atoms with Gasteiger partial charge in [0, 0.05) is 19.0 Å². The Balaban J connectivity index is 1.57. The van der Waals surface area contributed by atoms with E-state index in [1.54, 1.807) is 0 Å². The molecule has 6 heteroatoms. The number of amides is 1. The smallest absolute Gasteiger partial charge is 0.223 e. The minimum Gasteiger partial charge on any atom is -0.394 e. The Morgan fingerprint density at radius 3 is 2.59 bits per heavy atom. The second-order valence-corrected chi connectivity index (χ2v) is 7.82. The van der Waals surface area contributed by atoms with Gasteiger partial charge in [-0.25, -0.2) is 0 Å². The summed E-state index contributed by atoms with van der Waals surface area (Å²) in [6.07, 6.45) is 3.31. The van der Waals surface area contributed by atoms with Crippen LogP contribution in [-0.2, 0) is 16.0 Å². The number of rotatable bonds is 8. The summed E-state index contributed by atoms with van der Waals surface area (Å²) in [5.74, 6) is 0.197. The van der Waals surface area contributed by atoms with Gasteiger partial charge in [0.15, 0.2) is 0 Å². The van der Waals surface area contributed by atoms with Crippen LogP contribution in [0.5, 0.6) is 0 Å². The second-order valence-electron chi connectivity index (χ2n) is 7.82. The van der Waals surface area contributed by atoms with Crippen LogP contribution in [0.2, 0.25) is 0 Å². The van der Waals surface area contributed by atoms with Crippen LogP contribution >= 0.6 is 0 Å². The first-order valence-corrected chi connectivity index (χ1v) is 10.1. The molecule has 1 aromatic rings. The first kappa shape index (κ1) is 20.3. The zero-order valence-electron chi connectivity index (χ0n) is 16.1. The summed E-state index contributed by atoms with van der Waals surface area (Å²) in [5.41, 5.74) is 1.24. The fourth-order valence-corrected chi connectivity index (χ4v) is 4.32. The van der Waals surface area contributed by atoms with Crippen molar-refractivity contribution in [1.29, 1.82) is 0 Å². The topological polar surface area (TPSA) is 82.0 Å². The molecule has 2 aliphatic rings. The molecule has 1 saturated heterocycles. The lowest BCUT2D eigenvalue weighted by atomic mass is 10.0. The van der Waals surface area contributed by atoms with Gasteiger partial charge in [-0.1, -0.05) is 43.2 Å². The lowest BCUT2D eigenvalue weighted by Gasteiger charge is -2.30. The number of hydrogen-bond acceptors (Lipinski definition) is 5. The van der Waals surface area contributed by atoms with Gasteiger partial charge in [0.2, 0.25) is 5.91 Å². The first-order chi connectivity index (χ1) is 13.1. The van der Waals surface area contributed by atoms with E-state index in [0.29, 0.717) is 6.54 Å². The van der Waals surface area contributed by atoms with Crippen LogP contribution in [0.4, 0.5) is 0 Å². The van der Waals surface area contributed by atoms with Gasteiger partial charge >= 0.3 is 0 Å². The summed E-state index contributed by atoms with van der Waals surface area (Å²) >= 11 is 0. The summed E-state index contributed by atoms with van der Waals surface area (Å²) in [6.45, 7) is 0.904. The third-order valence-electron chi connectivity index (χ3n) is 5.95. The molecular weight excluding hydrogens is 344 g/mol. The fraction of sp³-hybridized carbons (Fsp3) is 0.667. The van der Waals surface area contributed by atoms with E-state index >= 15 is 0 Å². The number of likely N-dealkylation sites (N-methyl/N-ethyl adjacent to an activating group) is 1. The minimum absolute atomic E-state index is 0.0868. The lowest BCUT2D eigenvalue weighted by Crippen LogP contribution is -2.50. The van der Waals surface area contributed by atoms with Crippen LogP contribution in [0.15, 0.2) is 30.3 Å². The number of carbonyl (C=O) groups is 1. The molecule has 3 N–H and O–H groups in total. The molecule has 1 aromatic carbocycles. The van der Waals surface area contributed by atoms with Crippen molar-refractivity contribution < 1.29 is 19.7 Å². The average Bonchev–Trinajstić information content (AvgIpc) is 3.33. The molecule has 0 unspecified atom stereocenters. The molecular formula is C21H32N2O4. The van der Waals surface area contributed by atoms with E-state index in [1.807, 2.05) is 25.2 Å². The highest BCUT2D eigenvalue weighted by Crippen LogP contribution is 2.27. The van der Waals surface area contributed by atoms with E-state index in [2.05, 4.69) is 22.3 Å². The monoisotopic (exact) mass is 376 g/mol. The number of ether oxygens (including phenoxy) is 1. The molecule has 1 saturated carbocycles. The number of nitrogens with one attached hydrogen (secondary N) is 1. The Bertz CT molecular complexity index is 591. The maximum absolute atomic E-state index is 12.3. The summed E-state index contributed by atoms with van der Waals surface area (Å²) in [4.78, 5) is 14.4. The van der Waals surface area contributed by atoms with Crippen molar-refractivity contribution in [3.63, 3.8) is 0 Å². The maximum Gasteiger partial charge on any atom is 0.223 e. The summed E-state index contributed by atoms with van der Waals surface area (Å²) in [6, 6.07) is 9.96. The number of benzene rings is 1. The highest BCUT2D eigenvalue weighted by molar-refractivity contribution is 5.78. The molecule has 0 bridgehead atoms. The van der Waals surface area contributed by atoms with Crippen LogP contribution in [0, 0.1) is 5.92 Å². The van der Waals surface area contributed by atoms with Crippen molar-refractivity contribution in [2.75, 3.05) is 26.7 Å². The zero-order chi connectivity index (χ0) is 19.2. The van der Waals surface area contributed by atoms with E-state index in [1.165, 1.54) is 5.56 Å². The number of aliphatic hydroxyl groups is 2. The fourth-order valence-electron chi connectivity index (χ4n) is 4.32. The molecule has 0 spiro atoms. The third kappa shape index (κ3) is 5.08. The summed E-state index contributed by atoms with van der Waals surface area (Å²) < 4.78 is 5.87. The molecule has 1 aliphatic heterocycles. The van der Waals surface area contributed by atoms with Crippen LogP contribution in [0.1, 0.15) is 31.2 Å². The molecule has 150 valence electrons. The largest absolute Gasteiger partial charge is 0.394 e. The Morgan fingerprint density at radius 1 is 1.22 bits per heavy atom. The lowest BCUT2D eigenvalue weighted by molar-refractivity contribution is -0.125. The highest BCUT2D eigenvalue weighted by atomic mass is 16.5. The van der Waals surface area contributed by atoms with Crippen molar-refractivity contribution in [1.82, 2.24) is 10.2 Å². The van der Waals surface area contributed by atoms with Gasteiger partial charge in [-0.3, -0.25) is 9.69 Å². The Hall–Kier alpha value is -1.47. The van der Waals surface area contributed by atoms with Crippen LogP contribution < -0.4 is 5.32 Å². The SMILES string of the molecule is CN(CCc1ccccc1)[C@H]1[C@H](O)[C@H](CO)O[C@@H]1CNC(=O)C1CCCC1. The standard InChI is InChI=1S/C21H32N2O4/c1-23(12-11-15-7-3-2-4-8-15)19-17(27-18(14-24)20(19)25)13-22-21(26)16-9-5-6-10-16/h2-4,7-8,16-20,24-25H,5-6,9-14H2,1H3,(H,22,26)/t17-,18+,19-,20-/m1/s1. The van der Waals surface area contributed by atoms with Crippen LogP contribution in [-0.4, -0.2) is 72.1 Å². The molecule has 4 atom stereocenters. The zero-order valence-corrected chi connectivity index (χ0v) is 16.1. The maximum atomic E-state index is 12.3. The molecule has 1 amide bonds. The predicted octanol–water partition coefficient (Wildman–Crippen LogP) is 0.956. The van der Waals surface area contributed by atoms with Crippen LogP contribution in [0.3, 0.4) is 0 Å². The molecule has 3 rings (SSSR count). The summed E-state index contributed by atoms with van der Waals surface area (Å²) in [7, 11) is 1.96. The Kier molecular flexibility index (Phi) is 7.24. The predicted molar refractivity (Wildman–Crippen MR) is 103 cm³/mol. The van der Waals surface area contributed by atoms with Crippen molar-refractivity contribution in [2.45, 2.75) is 56.5 Å². The molecule has 1 aliphatic carbocycles.